The van der Waals surface area contributed by atoms with Gasteiger partial charge in [-0.3, -0.25) is 0 Å². The molecule has 0 spiro atoms. The first-order valence-electron chi connectivity index (χ1n) is 4.48. The number of hydrogen-bond acceptors (Lipinski definition) is 1. The van der Waals surface area contributed by atoms with Gasteiger partial charge in [0.2, 0.25) is 0 Å². The van der Waals surface area contributed by atoms with Crippen LogP contribution in [0.25, 0.3) is 0 Å². The Morgan fingerprint density at radius 2 is 1.67 bits per heavy atom. The first-order valence-corrected chi connectivity index (χ1v) is 4.48. The highest BCUT2D eigenvalue weighted by Gasteiger charge is 1.96. The number of aromatic nitrogens is 1. The van der Waals surface area contributed by atoms with Crippen molar-refractivity contribution >= 4 is 0 Å². The first kappa shape index (κ1) is 9.20. The highest BCUT2D eigenvalue weighted by Crippen LogP contribution is 1.93. The van der Waals surface area contributed by atoms with E-state index < -0.39 is 0 Å². The van der Waals surface area contributed by atoms with Crippen molar-refractivity contribution in [3.63, 3.8) is 0 Å². The van der Waals surface area contributed by atoms with Gasteiger partial charge in [-0.15, -0.1) is 0 Å². The number of aliphatic hydroxyl groups is 1. The normalized spacial score (nSPS) is 10.1. The van der Waals surface area contributed by atoms with E-state index in [1.165, 1.54) is 0 Å². The smallest absolute Gasteiger partial charge is 0.168 e. The van der Waals surface area contributed by atoms with Gasteiger partial charge in [0.05, 0.1) is 0 Å². The average Bonchev–Trinajstić information content (AvgIpc) is 2.14. The van der Waals surface area contributed by atoms with Crippen LogP contribution in [0.1, 0.15) is 19.3 Å². The van der Waals surface area contributed by atoms with Crippen LogP contribution in [0, 0.1) is 0 Å². The lowest BCUT2D eigenvalue weighted by atomic mass is 10.2. The van der Waals surface area contributed by atoms with Gasteiger partial charge >= 0.3 is 0 Å². The molecule has 0 bridgehead atoms. The van der Waals surface area contributed by atoms with Gasteiger partial charge in [0.25, 0.3) is 0 Å². The van der Waals surface area contributed by atoms with Gasteiger partial charge in [-0.25, -0.2) is 4.57 Å². The molecule has 0 aliphatic carbocycles. The maximum absolute atomic E-state index is 8.56. The van der Waals surface area contributed by atoms with E-state index in [2.05, 4.69) is 17.0 Å². The van der Waals surface area contributed by atoms with Crippen molar-refractivity contribution in [2.75, 3.05) is 6.61 Å². The van der Waals surface area contributed by atoms with Gasteiger partial charge in [-0.05, 0) is 12.8 Å². The van der Waals surface area contributed by atoms with Gasteiger partial charge in [0.1, 0.15) is 6.54 Å². The standard InChI is InChI=1S/C10H16NO/c12-10-6-2-5-9-11-7-3-1-4-8-11/h1,3-4,7-8,12H,2,5-6,9-10H2/q+1. The van der Waals surface area contributed by atoms with Crippen LogP contribution in [0.5, 0.6) is 0 Å². The molecule has 0 fully saturated rings. The second-order valence-electron chi connectivity index (χ2n) is 2.90. The Bertz CT molecular complexity index is 198. The molecule has 12 heavy (non-hydrogen) atoms. The molecular formula is C10H16NO+. The summed E-state index contributed by atoms with van der Waals surface area (Å²) in [6, 6.07) is 6.09. The molecule has 1 aromatic rings. The molecular weight excluding hydrogens is 150 g/mol. The molecule has 0 unspecified atom stereocenters. The minimum absolute atomic E-state index is 0.319. The Balaban J connectivity index is 2.16. The Morgan fingerprint density at radius 3 is 2.33 bits per heavy atom. The monoisotopic (exact) mass is 166 g/mol. The van der Waals surface area contributed by atoms with Crippen LogP contribution >= 0.6 is 0 Å². The van der Waals surface area contributed by atoms with Crippen molar-refractivity contribution in [1.82, 2.24) is 0 Å². The second kappa shape index (κ2) is 5.72. The van der Waals surface area contributed by atoms with Gasteiger partial charge in [-0.1, -0.05) is 6.07 Å². The summed E-state index contributed by atoms with van der Waals surface area (Å²) in [5.41, 5.74) is 0. The lowest BCUT2D eigenvalue weighted by molar-refractivity contribution is -0.697. The average molecular weight is 166 g/mol. The summed E-state index contributed by atoms with van der Waals surface area (Å²) in [6.07, 6.45) is 7.32. The van der Waals surface area contributed by atoms with Gasteiger partial charge in [-0.2, -0.15) is 0 Å². The van der Waals surface area contributed by atoms with Crippen molar-refractivity contribution in [3.8, 4) is 0 Å². The van der Waals surface area contributed by atoms with Crippen LogP contribution in [0.4, 0.5) is 0 Å². The van der Waals surface area contributed by atoms with Gasteiger partial charge in [0.15, 0.2) is 12.4 Å². The number of pyridine rings is 1. The Hall–Kier alpha value is -0.890. The number of aryl methyl sites for hydroxylation is 1. The van der Waals surface area contributed by atoms with E-state index in [0.717, 1.165) is 25.8 Å². The van der Waals surface area contributed by atoms with Crippen molar-refractivity contribution in [2.45, 2.75) is 25.8 Å². The molecule has 0 saturated heterocycles. The molecule has 0 aromatic carbocycles. The molecule has 2 heteroatoms. The quantitative estimate of drug-likeness (QED) is 0.514. The third kappa shape index (κ3) is 3.49. The van der Waals surface area contributed by atoms with Gasteiger partial charge in [0, 0.05) is 25.2 Å². The topological polar surface area (TPSA) is 24.1 Å². The largest absolute Gasteiger partial charge is 0.396 e. The molecule has 1 aromatic heterocycles. The third-order valence-corrected chi connectivity index (χ3v) is 1.85. The van der Waals surface area contributed by atoms with E-state index in [4.69, 9.17) is 5.11 Å². The summed E-state index contributed by atoms with van der Waals surface area (Å²) in [5, 5.41) is 8.56. The first-order chi connectivity index (χ1) is 5.93. The summed E-state index contributed by atoms with van der Waals surface area (Å²) in [6.45, 7) is 1.38. The molecule has 66 valence electrons. The van der Waals surface area contributed by atoms with E-state index in [-0.39, 0.29) is 0 Å². The molecule has 1 heterocycles. The van der Waals surface area contributed by atoms with Crippen molar-refractivity contribution in [1.29, 1.82) is 0 Å². The number of rotatable bonds is 5. The molecule has 1 N–H and O–H groups in total. The predicted octanol–water partition coefficient (Wildman–Crippen LogP) is 1.14. The molecule has 0 radical (unpaired) electrons. The van der Waals surface area contributed by atoms with Crippen molar-refractivity contribution in [2.24, 2.45) is 0 Å². The number of hydrogen-bond donors (Lipinski definition) is 1. The Morgan fingerprint density at radius 1 is 0.917 bits per heavy atom. The second-order valence-corrected chi connectivity index (χ2v) is 2.90. The van der Waals surface area contributed by atoms with Crippen LogP contribution in [-0.2, 0) is 6.54 Å². The molecule has 1 rings (SSSR count). The predicted molar refractivity (Wildman–Crippen MR) is 47.6 cm³/mol. The maximum Gasteiger partial charge on any atom is 0.168 e. The highest BCUT2D eigenvalue weighted by molar-refractivity contribution is 4.83. The van der Waals surface area contributed by atoms with E-state index in [1.807, 2.05) is 18.2 Å². The van der Waals surface area contributed by atoms with E-state index >= 15 is 0 Å². The van der Waals surface area contributed by atoms with Gasteiger partial charge < -0.3 is 5.11 Å². The molecule has 0 aliphatic rings. The van der Waals surface area contributed by atoms with Crippen molar-refractivity contribution in [3.05, 3.63) is 30.6 Å². The van der Waals surface area contributed by atoms with Crippen LogP contribution in [0.15, 0.2) is 30.6 Å². The zero-order valence-corrected chi connectivity index (χ0v) is 7.32. The summed E-state index contributed by atoms with van der Waals surface area (Å²) in [7, 11) is 0. The summed E-state index contributed by atoms with van der Waals surface area (Å²) >= 11 is 0. The molecule has 0 atom stereocenters. The number of aliphatic hydroxyl groups excluding tert-OH is 1. The Labute approximate surface area is 73.5 Å². The van der Waals surface area contributed by atoms with E-state index in [9.17, 15) is 0 Å². The third-order valence-electron chi connectivity index (χ3n) is 1.85. The Kier molecular flexibility index (Phi) is 4.39. The zero-order valence-electron chi connectivity index (χ0n) is 7.32. The van der Waals surface area contributed by atoms with E-state index in [1.54, 1.807) is 0 Å². The van der Waals surface area contributed by atoms with Crippen LogP contribution < -0.4 is 4.57 Å². The zero-order chi connectivity index (χ0) is 8.65. The van der Waals surface area contributed by atoms with Crippen molar-refractivity contribution < 1.29 is 9.67 Å². The summed E-state index contributed by atoms with van der Waals surface area (Å²) < 4.78 is 2.16. The molecule has 0 amide bonds. The minimum atomic E-state index is 0.319. The van der Waals surface area contributed by atoms with Crippen LogP contribution in [-0.4, -0.2) is 11.7 Å². The highest BCUT2D eigenvalue weighted by atomic mass is 16.2. The van der Waals surface area contributed by atoms with Crippen LogP contribution in [0.2, 0.25) is 0 Å². The maximum atomic E-state index is 8.56. The number of nitrogens with zero attached hydrogens (tertiary/aromatic N) is 1. The number of unbranched alkanes of at least 4 members (excludes halogenated alkanes) is 2. The lowest BCUT2D eigenvalue weighted by Crippen LogP contribution is -2.32. The summed E-state index contributed by atoms with van der Waals surface area (Å²) in [4.78, 5) is 0. The lowest BCUT2D eigenvalue weighted by Gasteiger charge is -1.95. The van der Waals surface area contributed by atoms with Crippen LogP contribution in [0.3, 0.4) is 0 Å². The van der Waals surface area contributed by atoms with E-state index in [0.29, 0.717) is 6.61 Å². The molecule has 0 saturated carbocycles. The summed E-state index contributed by atoms with van der Waals surface area (Å²) in [5.74, 6) is 0. The molecule has 0 aliphatic heterocycles. The molecule has 2 nitrogen and oxygen atoms in total. The fourth-order valence-corrected chi connectivity index (χ4v) is 1.17. The minimum Gasteiger partial charge on any atom is -0.396 e. The fraction of sp³-hybridized carbons (Fsp3) is 0.500. The SMILES string of the molecule is OCCCCC[n+]1ccccc1. The fourth-order valence-electron chi connectivity index (χ4n) is 1.17.